The summed E-state index contributed by atoms with van der Waals surface area (Å²) in [6, 6.07) is 2.09. The fourth-order valence-electron chi connectivity index (χ4n) is 3.20. The molecule has 118 valence electrons. The van der Waals surface area contributed by atoms with Crippen molar-refractivity contribution >= 4 is 37.3 Å². The van der Waals surface area contributed by atoms with Crippen molar-refractivity contribution in [1.82, 2.24) is 9.21 Å². The molecule has 1 aromatic heterocycles. The molecule has 0 spiro atoms. The first-order chi connectivity index (χ1) is 10.0. The number of sulfonamides is 1. The van der Waals surface area contributed by atoms with Gasteiger partial charge in [0.25, 0.3) is 0 Å². The van der Waals surface area contributed by atoms with Gasteiger partial charge in [-0.15, -0.1) is 11.3 Å². The highest BCUT2D eigenvalue weighted by molar-refractivity contribution is 9.11. The highest BCUT2D eigenvalue weighted by Gasteiger charge is 2.35. The van der Waals surface area contributed by atoms with E-state index >= 15 is 0 Å². The summed E-state index contributed by atoms with van der Waals surface area (Å²) in [7, 11) is -3.43. The van der Waals surface area contributed by atoms with Gasteiger partial charge in [-0.1, -0.05) is 0 Å². The van der Waals surface area contributed by atoms with Crippen molar-refractivity contribution in [2.45, 2.75) is 36.7 Å². The summed E-state index contributed by atoms with van der Waals surface area (Å²) < 4.78 is 28.2. The van der Waals surface area contributed by atoms with E-state index in [0.29, 0.717) is 34.4 Å². The maximum Gasteiger partial charge on any atom is 0.245 e. The summed E-state index contributed by atoms with van der Waals surface area (Å²) in [5, 5.41) is 0. The molecule has 8 heteroatoms. The Kier molecular flexibility index (Phi) is 4.73. The molecule has 3 heterocycles. The quantitative estimate of drug-likeness (QED) is 0.850. The number of fused-ring (bicyclic) bond motifs is 1. The highest BCUT2D eigenvalue weighted by Crippen LogP contribution is 2.34. The third-order valence-electron chi connectivity index (χ3n) is 4.29. The monoisotopic (exact) mass is 393 g/mol. The standard InChI is InChI=1S/C13H20BrN3O2S2/c14-13-12(7-11(8-15)20-13)21(18,19)17-6-2-5-16-4-1-3-10(16)9-17/h7,10H,1-6,8-9,15H2. The van der Waals surface area contributed by atoms with Crippen LogP contribution in [-0.4, -0.2) is 49.8 Å². The van der Waals surface area contributed by atoms with Crippen molar-refractivity contribution in [3.05, 3.63) is 14.7 Å². The van der Waals surface area contributed by atoms with Crippen LogP contribution in [0.2, 0.25) is 0 Å². The summed E-state index contributed by atoms with van der Waals surface area (Å²) in [6.07, 6.45) is 3.18. The van der Waals surface area contributed by atoms with Crippen LogP contribution >= 0.6 is 27.3 Å². The average molecular weight is 394 g/mol. The van der Waals surface area contributed by atoms with Crippen LogP contribution in [-0.2, 0) is 16.6 Å². The third kappa shape index (κ3) is 3.07. The van der Waals surface area contributed by atoms with Crippen LogP contribution in [0.1, 0.15) is 24.1 Å². The molecule has 3 rings (SSSR count). The van der Waals surface area contributed by atoms with Crippen LogP contribution in [0.3, 0.4) is 0 Å². The zero-order valence-corrected chi connectivity index (χ0v) is 15.0. The first-order valence-corrected chi connectivity index (χ1v) is 10.3. The van der Waals surface area contributed by atoms with Crippen LogP contribution in [0.4, 0.5) is 0 Å². The number of rotatable bonds is 3. The molecule has 5 nitrogen and oxygen atoms in total. The Hall–Kier alpha value is 0.01000. The van der Waals surface area contributed by atoms with E-state index in [1.807, 2.05) is 0 Å². The van der Waals surface area contributed by atoms with Crippen molar-refractivity contribution in [2.24, 2.45) is 5.73 Å². The van der Waals surface area contributed by atoms with Gasteiger partial charge in [-0.2, -0.15) is 4.31 Å². The number of nitrogens with zero attached hydrogens (tertiary/aromatic N) is 2. The topological polar surface area (TPSA) is 66.6 Å². The van der Waals surface area contributed by atoms with Gasteiger partial charge in [0.2, 0.25) is 10.0 Å². The zero-order valence-electron chi connectivity index (χ0n) is 11.8. The summed E-state index contributed by atoms with van der Waals surface area (Å²) >= 11 is 4.79. The zero-order chi connectivity index (χ0) is 15.0. The lowest BCUT2D eigenvalue weighted by Crippen LogP contribution is -2.39. The normalized spacial score (nSPS) is 25.0. The fourth-order valence-corrected chi connectivity index (χ4v) is 7.23. The van der Waals surface area contributed by atoms with E-state index in [0.717, 1.165) is 30.8 Å². The van der Waals surface area contributed by atoms with Gasteiger partial charge in [-0.25, -0.2) is 8.42 Å². The Morgan fingerprint density at radius 2 is 2.10 bits per heavy atom. The van der Waals surface area contributed by atoms with Crippen molar-refractivity contribution < 1.29 is 8.42 Å². The Morgan fingerprint density at radius 3 is 2.81 bits per heavy atom. The van der Waals surface area contributed by atoms with Gasteiger partial charge >= 0.3 is 0 Å². The van der Waals surface area contributed by atoms with E-state index in [1.165, 1.54) is 17.8 Å². The van der Waals surface area contributed by atoms with Gasteiger partial charge < -0.3 is 5.73 Å². The van der Waals surface area contributed by atoms with E-state index < -0.39 is 10.0 Å². The minimum absolute atomic E-state index is 0.370. The minimum Gasteiger partial charge on any atom is -0.326 e. The lowest BCUT2D eigenvalue weighted by Gasteiger charge is -2.25. The van der Waals surface area contributed by atoms with E-state index in [2.05, 4.69) is 20.8 Å². The molecule has 0 saturated carbocycles. The van der Waals surface area contributed by atoms with E-state index in [-0.39, 0.29) is 0 Å². The van der Waals surface area contributed by atoms with Crippen molar-refractivity contribution in [3.8, 4) is 0 Å². The van der Waals surface area contributed by atoms with Crippen LogP contribution in [0, 0.1) is 0 Å². The van der Waals surface area contributed by atoms with Gasteiger partial charge in [0.05, 0.1) is 3.79 Å². The molecule has 2 aliphatic heterocycles. The second-order valence-corrected chi connectivity index (χ2v) is 9.96. The molecule has 0 aliphatic carbocycles. The maximum absolute atomic E-state index is 12.9. The molecule has 2 fully saturated rings. The van der Waals surface area contributed by atoms with E-state index in [1.54, 1.807) is 10.4 Å². The molecule has 0 bridgehead atoms. The summed E-state index contributed by atoms with van der Waals surface area (Å²) in [5.74, 6) is 0. The predicted octanol–water partition coefficient (Wildman–Crippen LogP) is 1.83. The van der Waals surface area contributed by atoms with E-state index in [9.17, 15) is 8.42 Å². The predicted molar refractivity (Wildman–Crippen MR) is 87.9 cm³/mol. The van der Waals surface area contributed by atoms with Gasteiger partial charge in [0.1, 0.15) is 4.90 Å². The third-order valence-corrected chi connectivity index (χ3v) is 8.43. The largest absolute Gasteiger partial charge is 0.326 e. The Balaban J connectivity index is 1.88. The second kappa shape index (κ2) is 6.25. The lowest BCUT2D eigenvalue weighted by atomic mass is 10.2. The van der Waals surface area contributed by atoms with Gasteiger partial charge in [0, 0.05) is 30.6 Å². The molecular formula is C13H20BrN3O2S2. The molecule has 21 heavy (non-hydrogen) atoms. The summed E-state index contributed by atoms with van der Waals surface area (Å²) in [5.41, 5.74) is 5.62. The molecule has 2 N–H and O–H groups in total. The highest BCUT2D eigenvalue weighted by atomic mass is 79.9. The molecule has 0 amide bonds. The molecule has 1 unspecified atom stereocenters. The Labute approximate surface area is 138 Å². The van der Waals surface area contributed by atoms with Crippen molar-refractivity contribution in [1.29, 1.82) is 0 Å². The molecule has 1 atom stereocenters. The smallest absolute Gasteiger partial charge is 0.245 e. The fraction of sp³-hybridized carbons (Fsp3) is 0.692. The number of nitrogens with two attached hydrogens (primary N) is 1. The SMILES string of the molecule is NCc1cc(S(=O)(=O)N2CCCN3CCCC3C2)c(Br)s1. The van der Waals surface area contributed by atoms with Crippen LogP contribution < -0.4 is 5.73 Å². The molecular weight excluding hydrogens is 374 g/mol. The second-order valence-electron chi connectivity index (χ2n) is 5.60. The van der Waals surface area contributed by atoms with Gasteiger partial charge in [-0.3, -0.25) is 4.90 Å². The molecule has 0 aromatic carbocycles. The van der Waals surface area contributed by atoms with Crippen LogP contribution in [0.25, 0.3) is 0 Å². The van der Waals surface area contributed by atoms with Crippen molar-refractivity contribution in [3.63, 3.8) is 0 Å². The number of hydrogen-bond donors (Lipinski definition) is 1. The van der Waals surface area contributed by atoms with Crippen LogP contribution in [0.5, 0.6) is 0 Å². The summed E-state index contributed by atoms with van der Waals surface area (Å²) in [6.45, 7) is 3.71. The van der Waals surface area contributed by atoms with Gasteiger partial charge in [-0.05, 0) is 54.3 Å². The molecule has 2 saturated heterocycles. The number of hydrogen-bond acceptors (Lipinski definition) is 5. The first kappa shape index (κ1) is 15.9. The lowest BCUT2D eigenvalue weighted by molar-refractivity contribution is 0.257. The molecule has 2 aliphatic rings. The Bertz CT molecular complexity index is 617. The van der Waals surface area contributed by atoms with Crippen molar-refractivity contribution in [2.75, 3.05) is 26.2 Å². The molecule has 1 aromatic rings. The number of thiophene rings is 1. The van der Waals surface area contributed by atoms with Gasteiger partial charge in [0.15, 0.2) is 0 Å². The minimum atomic E-state index is -3.43. The average Bonchev–Trinajstić information content (AvgIpc) is 2.99. The number of halogens is 1. The Morgan fingerprint density at radius 1 is 1.33 bits per heavy atom. The van der Waals surface area contributed by atoms with E-state index in [4.69, 9.17) is 5.73 Å². The van der Waals surface area contributed by atoms with Crippen LogP contribution in [0.15, 0.2) is 14.7 Å². The maximum atomic E-state index is 12.9. The summed E-state index contributed by atoms with van der Waals surface area (Å²) in [4.78, 5) is 3.70. The first-order valence-electron chi connectivity index (χ1n) is 7.25. The molecule has 0 radical (unpaired) electrons.